The second kappa shape index (κ2) is 10.8. The van der Waals surface area contributed by atoms with Crippen molar-refractivity contribution in [3.8, 4) is 5.75 Å². The Bertz CT molecular complexity index is 1060. The number of carbonyl (C=O) groups is 2. The molecule has 3 aromatic rings. The molecule has 0 spiro atoms. The number of phenols is 1. The molecule has 0 bridgehead atoms. The van der Waals surface area contributed by atoms with E-state index in [9.17, 15) is 14.7 Å². The number of fused-ring (bicyclic) bond motifs is 1. The molecule has 1 atom stereocenters. The van der Waals surface area contributed by atoms with Crippen LogP contribution >= 0.6 is 0 Å². The summed E-state index contributed by atoms with van der Waals surface area (Å²) < 4.78 is 5.70. The van der Waals surface area contributed by atoms with E-state index in [1.807, 2.05) is 42.5 Å². The average molecular weight is 420 g/mol. The number of amides is 2. The Balaban J connectivity index is 1.68. The van der Waals surface area contributed by atoms with Crippen LogP contribution < -0.4 is 10.8 Å². The van der Waals surface area contributed by atoms with Gasteiger partial charge in [-0.3, -0.25) is 15.3 Å². The smallest absolute Gasteiger partial charge is 0.412 e. The summed E-state index contributed by atoms with van der Waals surface area (Å²) in [6.07, 6.45) is 3.48. The normalized spacial score (nSPS) is 11.9. The van der Waals surface area contributed by atoms with Gasteiger partial charge < -0.3 is 9.84 Å². The van der Waals surface area contributed by atoms with Crippen LogP contribution in [0.25, 0.3) is 10.8 Å². The van der Waals surface area contributed by atoms with Crippen LogP contribution in [-0.2, 0) is 9.53 Å². The van der Waals surface area contributed by atoms with Crippen LogP contribution in [0.15, 0.2) is 78.9 Å². The van der Waals surface area contributed by atoms with Gasteiger partial charge in [-0.2, -0.15) is 0 Å². The standard InChI is InChI=1S/C24H24N2O5/c27-19-15-13-18(14-16-19)22(11-2-1-3-12-23(28)26-30)31-24(29)25-21-10-6-8-17-7-4-5-9-20(17)21/h3-10,12-16,22,27,30H,1-2,11H2,(H,25,29)(H,26,28)/b12-3+/t22-/m0/s1. The van der Waals surface area contributed by atoms with E-state index < -0.39 is 18.1 Å². The second-order valence-corrected chi connectivity index (χ2v) is 6.95. The Morgan fingerprint density at radius 3 is 2.52 bits per heavy atom. The lowest BCUT2D eigenvalue weighted by Crippen LogP contribution is -2.18. The topological polar surface area (TPSA) is 108 Å². The fourth-order valence-corrected chi connectivity index (χ4v) is 3.23. The Morgan fingerprint density at radius 2 is 1.74 bits per heavy atom. The maximum Gasteiger partial charge on any atom is 0.412 e. The number of carbonyl (C=O) groups excluding carboxylic acids is 2. The van der Waals surface area contributed by atoms with Crippen molar-refractivity contribution < 1.29 is 24.6 Å². The van der Waals surface area contributed by atoms with Crippen molar-refractivity contribution in [1.82, 2.24) is 5.48 Å². The Hall–Kier alpha value is -3.84. The minimum Gasteiger partial charge on any atom is -0.508 e. The van der Waals surface area contributed by atoms with Crippen LogP contribution in [0.5, 0.6) is 5.75 Å². The summed E-state index contributed by atoms with van der Waals surface area (Å²) in [4.78, 5) is 23.7. The third-order valence-corrected chi connectivity index (χ3v) is 4.76. The van der Waals surface area contributed by atoms with Crippen molar-refractivity contribution in [3.63, 3.8) is 0 Å². The van der Waals surface area contributed by atoms with Crippen LogP contribution in [0.1, 0.15) is 30.9 Å². The van der Waals surface area contributed by atoms with Gasteiger partial charge in [-0.1, -0.05) is 54.6 Å². The number of hydrogen-bond donors (Lipinski definition) is 4. The Kier molecular flexibility index (Phi) is 7.61. The molecule has 0 fully saturated rings. The highest BCUT2D eigenvalue weighted by atomic mass is 16.6. The Morgan fingerprint density at radius 1 is 1.00 bits per heavy atom. The zero-order valence-electron chi connectivity index (χ0n) is 16.8. The summed E-state index contributed by atoms with van der Waals surface area (Å²) in [5.41, 5.74) is 2.94. The highest BCUT2D eigenvalue weighted by Crippen LogP contribution is 2.27. The molecule has 0 aliphatic heterocycles. The molecule has 2 amide bonds. The van der Waals surface area contributed by atoms with Crippen molar-refractivity contribution in [2.75, 3.05) is 5.32 Å². The van der Waals surface area contributed by atoms with Crippen molar-refractivity contribution >= 4 is 28.5 Å². The van der Waals surface area contributed by atoms with Gasteiger partial charge in [0.15, 0.2) is 0 Å². The first-order valence-electron chi connectivity index (χ1n) is 9.92. The van der Waals surface area contributed by atoms with Gasteiger partial charge in [-0.15, -0.1) is 0 Å². The highest BCUT2D eigenvalue weighted by molar-refractivity contribution is 6.00. The molecule has 0 unspecified atom stereocenters. The molecule has 0 aromatic heterocycles. The monoisotopic (exact) mass is 420 g/mol. The maximum absolute atomic E-state index is 12.6. The summed E-state index contributed by atoms with van der Waals surface area (Å²) in [7, 11) is 0. The third-order valence-electron chi connectivity index (χ3n) is 4.76. The van der Waals surface area contributed by atoms with Crippen LogP contribution in [-0.4, -0.2) is 22.3 Å². The van der Waals surface area contributed by atoms with Crippen LogP contribution in [0.4, 0.5) is 10.5 Å². The van der Waals surface area contributed by atoms with E-state index >= 15 is 0 Å². The van der Waals surface area contributed by atoms with Gasteiger partial charge in [0.25, 0.3) is 5.91 Å². The van der Waals surface area contributed by atoms with Gasteiger partial charge in [-0.25, -0.2) is 10.3 Å². The number of ether oxygens (including phenoxy) is 1. The Labute approximate surface area is 179 Å². The molecular weight excluding hydrogens is 396 g/mol. The first-order chi connectivity index (χ1) is 15.1. The van der Waals surface area contributed by atoms with Crippen molar-refractivity contribution in [1.29, 1.82) is 0 Å². The number of nitrogens with one attached hydrogen (secondary N) is 2. The van der Waals surface area contributed by atoms with Crippen molar-refractivity contribution in [2.24, 2.45) is 0 Å². The molecule has 7 heteroatoms. The lowest BCUT2D eigenvalue weighted by Gasteiger charge is -2.19. The van der Waals surface area contributed by atoms with E-state index in [0.717, 1.165) is 16.3 Å². The molecule has 3 rings (SSSR count). The van der Waals surface area contributed by atoms with Gasteiger partial charge in [0.05, 0.1) is 5.69 Å². The number of rotatable bonds is 8. The molecule has 0 heterocycles. The molecule has 0 saturated heterocycles. The summed E-state index contributed by atoms with van der Waals surface area (Å²) in [6.45, 7) is 0. The summed E-state index contributed by atoms with van der Waals surface area (Å²) in [6, 6.07) is 19.9. The first-order valence-corrected chi connectivity index (χ1v) is 9.92. The molecule has 0 saturated carbocycles. The van der Waals surface area contributed by atoms with Gasteiger partial charge in [0.1, 0.15) is 11.9 Å². The molecule has 160 valence electrons. The SMILES string of the molecule is O=C(/C=C/CCC[C@H](OC(=O)Nc1cccc2ccccc12)c1ccc(O)cc1)NO. The van der Waals surface area contributed by atoms with Crippen LogP contribution in [0, 0.1) is 0 Å². The predicted molar refractivity (Wildman–Crippen MR) is 118 cm³/mol. The number of phenolic OH excluding ortho intramolecular Hbond substituents is 1. The van der Waals surface area contributed by atoms with E-state index in [2.05, 4.69) is 5.32 Å². The van der Waals surface area contributed by atoms with Crippen LogP contribution in [0.3, 0.4) is 0 Å². The zero-order valence-corrected chi connectivity index (χ0v) is 16.8. The van der Waals surface area contributed by atoms with Crippen LogP contribution in [0.2, 0.25) is 0 Å². The number of hydroxylamine groups is 1. The van der Waals surface area contributed by atoms with E-state index in [4.69, 9.17) is 9.94 Å². The number of allylic oxidation sites excluding steroid dienone is 1. The maximum atomic E-state index is 12.6. The van der Waals surface area contributed by atoms with Gasteiger partial charge in [0, 0.05) is 11.5 Å². The molecule has 0 aliphatic carbocycles. The van der Waals surface area contributed by atoms with Crippen molar-refractivity contribution in [2.45, 2.75) is 25.4 Å². The number of benzene rings is 3. The molecule has 7 nitrogen and oxygen atoms in total. The quantitative estimate of drug-likeness (QED) is 0.176. The number of anilines is 1. The number of aromatic hydroxyl groups is 1. The molecule has 4 N–H and O–H groups in total. The fourth-order valence-electron chi connectivity index (χ4n) is 3.23. The average Bonchev–Trinajstić information content (AvgIpc) is 2.78. The minimum atomic E-state index is -0.596. The van der Waals surface area contributed by atoms with E-state index in [1.54, 1.807) is 30.3 Å². The van der Waals surface area contributed by atoms with Gasteiger partial charge >= 0.3 is 6.09 Å². The fraction of sp³-hybridized carbons (Fsp3) is 0.167. The lowest BCUT2D eigenvalue weighted by molar-refractivity contribution is -0.124. The van der Waals surface area contributed by atoms with E-state index in [0.29, 0.717) is 24.9 Å². The summed E-state index contributed by atoms with van der Waals surface area (Å²) in [5, 5.41) is 22.8. The number of unbranched alkanes of at least 4 members (excludes halogenated alkanes) is 1. The zero-order chi connectivity index (χ0) is 22.1. The van der Waals surface area contributed by atoms with Crippen molar-refractivity contribution in [3.05, 3.63) is 84.4 Å². The molecule has 31 heavy (non-hydrogen) atoms. The lowest BCUT2D eigenvalue weighted by atomic mass is 10.0. The third kappa shape index (κ3) is 6.32. The minimum absolute atomic E-state index is 0.126. The molecule has 3 aromatic carbocycles. The largest absolute Gasteiger partial charge is 0.508 e. The van der Waals surface area contributed by atoms with E-state index in [1.165, 1.54) is 11.6 Å². The molecule has 0 radical (unpaired) electrons. The van der Waals surface area contributed by atoms with Gasteiger partial charge in [-0.05, 0) is 48.4 Å². The summed E-state index contributed by atoms with van der Waals surface area (Å²) in [5.74, 6) is -0.471. The first kappa shape index (κ1) is 21.9. The number of hydrogen-bond acceptors (Lipinski definition) is 5. The van der Waals surface area contributed by atoms with Gasteiger partial charge in [0.2, 0.25) is 0 Å². The predicted octanol–water partition coefficient (Wildman–Crippen LogP) is 5.07. The molecular formula is C24H24N2O5. The molecule has 0 aliphatic rings. The summed E-state index contributed by atoms with van der Waals surface area (Å²) >= 11 is 0. The highest BCUT2D eigenvalue weighted by Gasteiger charge is 2.17. The van der Waals surface area contributed by atoms with E-state index in [-0.39, 0.29) is 5.75 Å². The second-order valence-electron chi connectivity index (χ2n) is 6.95.